The first-order chi connectivity index (χ1) is 9.62. The molecule has 0 aromatic carbocycles. The standard InChI is InChI=1S/C12H19N3O4S/c16-20(17)6-3-9(8-20)12-14-11(19-15-12)7-18-10-1-4-13-5-2-10/h9-10,13H,1-8H2. The zero-order chi connectivity index (χ0) is 14.0. The molecule has 20 heavy (non-hydrogen) atoms. The van der Waals surface area contributed by atoms with Crippen molar-refractivity contribution in [2.24, 2.45) is 0 Å². The van der Waals surface area contributed by atoms with Gasteiger partial charge in [0, 0.05) is 5.92 Å². The Labute approximate surface area is 118 Å². The monoisotopic (exact) mass is 301 g/mol. The van der Waals surface area contributed by atoms with Crippen molar-refractivity contribution in [3.05, 3.63) is 11.7 Å². The normalized spacial score (nSPS) is 26.9. The van der Waals surface area contributed by atoms with Crippen LogP contribution in [0.3, 0.4) is 0 Å². The predicted molar refractivity (Wildman–Crippen MR) is 71.0 cm³/mol. The van der Waals surface area contributed by atoms with Crippen LogP contribution in [-0.2, 0) is 21.2 Å². The van der Waals surface area contributed by atoms with Crippen LogP contribution >= 0.6 is 0 Å². The van der Waals surface area contributed by atoms with E-state index in [4.69, 9.17) is 9.26 Å². The summed E-state index contributed by atoms with van der Waals surface area (Å²) in [5, 5.41) is 7.16. The van der Waals surface area contributed by atoms with Gasteiger partial charge >= 0.3 is 0 Å². The third kappa shape index (κ3) is 3.36. The first-order valence-corrected chi connectivity index (χ1v) is 8.80. The molecule has 7 nitrogen and oxygen atoms in total. The quantitative estimate of drug-likeness (QED) is 0.851. The van der Waals surface area contributed by atoms with Crippen LogP contribution in [0, 0.1) is 0 Å². The van der Waals surface area contributed by atoms with E-state index in [0.717, 1.165) is 25.9 Å². The minimum absolute atomic E-state index is 0.126. The fourth-order valence-electron chi connectivity index (χ4n) is 2.64. The number of rotatable bonds is 4. The van der Waals surface area contributed by atoms with Gasteiger partial charge in [0.05, 0.1) is 17.6 Å². The van der Waals surface area contributed by atoms with Gasteiger partial charge in [-0.2, -0.15) is 4.98 Å². The lowest BCUT2D eigenvalue weighted by atomic mass is 10.1. The summed E-state index contributed by atoms with van der Waals surface area (Å²) in [6, 6.07) is 0. The Morgan fingerprint density at radius 1 is 1.30 bits per heavy atom. The minimum Gasteiger partial charge on any atom is -0.368 e. The van der Waals surface area contributed by atoms with Crippen molar-refractivity contribution in [2.75, 3.05) is 24.6 Å². The van der Waals surface area contributed by atoms with Gasteiger partial charge in [-0.1, -0.05) is 5.16 Å². The number of hydrogen-bond donors (Lipinski definition) is 1. The van der Waals surface area contributed by atoms with Crippen LogP contribution in [0.5, 0.6) is 0 Å². The smallest absolute Gasteiger partial charge is 0.252 e. The van der Waals surface area contributed by atoms with E-state index in [0.29, 0.717) is 24.7 Å². The number of aromatic nitrogens is 2. The summed E-state index contributed by atoms with van der Waals surface area (Å²) in [6.07, 6.45) is 2.79. The number of hydrogen-bond acceptors (Lipinski definition) is 7. The highest BCUT2D eigenvalue weighted by Gasteiger charge is 2.32. The highest BCUT2D eigenvalue weighted by atomic mass is 32.2. The maximum Gasteiger partial charge on any atom is 0.252 e. The molecular formula is C12H19N3O4S. The molecule has 1 N–H and O–H groups in total. The van der Waals surface area contributed by atoms with Gasteiger partial charge in [-0.25, -0.2) is 8.42 Å². The molecule has 1 unspecified atom stereocenters. The second-order valence-electron chi connectivity index (χ2n) is 5.41. The molecule has 0 bridgehead atoms. The predicted octanol–water partition coefficient (Wildman–Crippen LogP) is 0.240. The van der Waals surface area contributed by atoms with Crippen molar-refractivity contribution in [3.8, 4) is 0 Å². The van der Waals surface area contributed by atoms with Crippen LogP contribution in [-0.4, -0.2) is 49.3 Å². The van der Waals surface area contributed by atoms with E-state index in [-0.39, 0.29) is 23.5 Å². The topological polar surface area (TPSA) is 94.3 Å². The largest absolute Gasteiger partial charge is 0.368 e. The maximum atomic E-state index is 11.4. The summed E-state index contributed by atoms with van der Waals surface area (Å²) in [5.41, 5.74) is 0. The number of nitrogens with one attached hydrogen (secondary N) is 1. The van der Waals surface area contributed by atoms with Crippen LogP contribution in [0.1, 0.15) is 36.9 Å². The van der Waals surface area contributed by atoms with Crippen LogP contribution in [0.15, 0.2) is 4.52 Å². The van der Waals surface area contributed by atoms with Gasteiger partial charge in [-0.15, -0.1) is 0 Å². The molecule has 8 heteroatoms. The van der Waals surface area contributed by atoms with E-state index < -0.39 is 9.84 Å². The Kier molecular flexibility index (Phi) is 4.04. The van der Waals surface area contributed by atoms with Crippen molar-refractivity contribution >= 4 is 9.84 Å². The summed E-state index contributed by atoms with van der Waals surface area (Å²) in [7, 11) is -2.92. The van der Waals surface area contributed by atoms with Gasteiger partial charge in [0.25, 0.3) is 5.89 Å². The van der Waals surface area contributed by atoms with E-state index in [1.54, 1.807) is 0 Å². The van der Waals surface area contributed by atoms with Gasteiger partial charge in [0.15, 0.2) is 15.7 Å². The Morgan fingerprint density at radius 2 is 2.10 bits per heavy atom. The molecule has 2 aliphatic heterocycles. The average Bonchev–Trinajstić information content (AvgIpc) is 3.04. The van der Waals surface area contributed by atoms with E-state index in [9.17, 15) is 8.42 Å². The molecule has 112 valence electrons. The summed E-state index contributed by atoms with van der Waals surface area (Å²) >= 11 is 0. The molecule has 1 aromatic heterocycles. The summed E-state index contributed by atoms with van der Waals surface area (Å²) in [4.78, 5) is 4.26. The highest BCUT2D eigenvalue weighted by molar-refractivity contribution is 7.91. The Morgan fingerprint density at radius 3 is 2.80 bits per heavy atom. The molecule has 0 saturated carbocycles. The van der Waals surface area contributed by atoms with Crippen molar-refractivity contribution in [1.82, 2.24) is 15.5 Å². The van der Waals surface area contributed by atoms with E-state index >= 15 is 0 Å². The van der Waals surface area contributed by atoms with Crippen molar-refractivity contribution in [3.63, 3.8) is 0 Å². The molecular weight excluding hydrogens is 282 g/mol. The van der Waals surface area contributed by atoms with Gasteiger partial charge in [-0.3, -0.25) is 0 Å². The molecule has 0 spiro atoms. The molecule has 1 atom stereocenters. The van der Waals surface area contributed by atoms with Crippen molar-refractivity contribution in [1.29, 1.82) is 0 Å². The average molecular weight is 301 g/mol. The second kappa shape index (κ2) is 5.79. The lowest BCUT2D eigenvalue weighted by Crippen LogP contribution is -2.32. The van der Waals surface area contributed by atoms with Gasteiger partial charge < -0.3 is 14.6 Å². The van der Waals surface area contributed by atoms with Gasteiger partial charge in [0.2, 0.25) is 0 Å². The zero-order valence-corrected chi connectivity index (χ0v) is 12.1. The molecule has 2 saturated heterocycles. The lowest BCUT2D eigenvalue weighted by molar-refractivity contribution is 0.00859. The van der Waals surface area contributed by atoms with E-state index in [2.05, 4.69) is 15.5 Å². The van der Waals surface area contributed by atoms with Crippen LogP contribution in [0.4, 0.5) is 0 Å². The number of nitrogens with zero attached hydrogens (tertiary/aromatic N) is 2. The first-order valence-electron chi connectivity index (χ1n) is 6.97. The molecule has 3 rings (SSSR count). The Hall–Kier alpha value is -0.990. The van der Waals surface area contributed by atoms with Crippen LogP contribution < -0.4 is 5.32 Å². The molecule has 3 heterocycles. The molecule has 2 fully saturated rings. The van der Waals surface area contributed by atoms with Crippen LogP contribution in [0.2, 0.25) is 0 Å². The van der Waals surface area contributed by atoms with Crippen LogP contribution in [0.25, 0.3) is 0 Å². The Bertz CT molecular complexity index is 551. The number of sulfone groups is 1. The summed E-state index contributed by atoms with van der Waals surface area (Å²) < 4.78 is 33.7. The molecule has 0 amide bonds. The summed E-state index contributed by atoms with van der Waals surface area (Å²) in [5.74, 6) is 1.14. The number of piperidine rings is 1. The first kappa shape index (κ1) is 14.0. The third-order valence-electron chi connectivity index (χ3n) is 3.81. The SMILES string of the molecule is O=S1(=O)CCC(c2noc(COC3CCNCC3)n2)C1. The molecule has 0 aliphatic carbocycles. The maximum absolute atomic E-state index is 11.4. The van der Waals surface area contributed by atoms with Gasteiger partial charge in [0.1, 0.15) is 6.61 Å². The lowest BCUT2D eigenvalue weighted by Gasteiger charge is -2.21. The minimum atomic E-state index is -2.92. The van der Waals surface area contributed by atoms with E-state index in [1.807, 2.05) is 0 Å². The zero-order valence-electron chi connectivity index (χ0n) is 11.2. The van der Waals surface area contributed by atoms with E-state index in [1.165, 1.54) is 0 Å². The third-order valence-corrected chi connectivity index (χ3v) is 5.58. The Balaban J connectivity index is 1.54. The van der Waals surface area contributed by atoms with Crippen molar-refractivity contribution in [2.45, 2.75) is 37.9 Å². The number of ether oxygens (including phenoxy) is 1. The molecule has 1 aromatic rings. The molecule has 0 radical (unpaired) electrons. The fraction of sp³-hybridized carbons (Fsp3) is 0.833. The fourth-order valence-corrected chi connectivity index (χ4v) is 4.38. The van der Waals surface area contributed by atoms with Crippen molar-refractivity contribution < 1.29 is 17.7 Å². The van der Waals surface area contributed by atoms with Gasteiger partial charge in [-0.05, 0) is 32.4 Å². The molecule has 2 aliphatic rings. The second-order valence-corrected chi connectivity index (χ2v) is 7.64. The highest BCUT2D eigenvalue weighted by Crippen LogP contribution is 2.26. The summed E-state index contributed by atoms with van der Waals surface area (Å²) in [6.45, 7) is 2.25.